The normalized spacial score (nSPS) is 16.7. The summed E-state index contributed by atoms with van der Waals surface area (Å²) < 4.78 is 11.3. The third-order valence-electron chi connectivity index (χ3n) is 3.04. The summed E-state index contributed by atoms with van der Waals surface area (Å²) in [5.74, 6) is 0.771. The second kappa shape index (κ2) is 7.34. The third-order valence-corrected chi connectivity index (χ3v) is 3.04. The quantitative estimate of drug-likeness (QED) is 0.786. The molecule has 0 atom stereocenters. The number of hydrogen-bond donors (Lipinski definition) is 1. The lowest BCUT2D eigenvalue weighted by Gasteiger charge is -2.23. The van der Waals surface area contributed by atoms with Gasteiger partial charge >= 0.3 is 0 Å². The van der Waals surface area contributed by atoms with Gasteiger partial charge < -0.3 is 14.8 Å². The fourth-order valence-corrected chi connectivity index (χ4v) is 2.02. The molecule has 0 amide bonds. The first-order valence-electron chi connectivity index (χ1n) is 6.79. The summed E-state index contributed by atoms with van der Waals surface area (Å²) in [6.07, 6.45) is 5.09. The fraction of sp³-hybridized carbons (Fsp3) is 0.643. The van der Waals surface area contributed by atoms with Crippen LogP contribution < -0.4 is 10.1 Å². The highest BCUT2D eigenvalue weighted by molar-refractivity contribution is 5.25. The van der Waals surface area contributed by atoms with Gasteiger partial charge in [-0.2, -0.15) is 0 Å². The van der Waals surface area contributed by atoms with Crippen molar-refractivity contribution >= 4 is 0 Å². The highest BCUT2D eigenvalue weighted by Crippen LogP contribution is 2.19. The van der Waals surface area contributed by atoms with Crippen LogP contribution in [0.1, 0.15) is 31.7 Å². The number of aromatic nitrogens is 1. The lowest BCUT2D eigenvalue weighted by molar-refractivity contribution is 0.0233. The summed E-state index contributed by atoms with van der Waals surface area (Å²) in [6, 6.07) is 4.03. The molecule has 1 saturated heterocycles. The van der Waals surface area contributed by atoms with Crippen LogP contribution in [0.4, 0.5) is 0 Å². The summed E-state index contributed by atoms with van der Waals surface area (Å²) >= 11 is 0. The molecule has 0 unspecified atom stereocenters. The molecule has 0 saturated carbocycles. The van der Waals surface area contributed by atoms with E-state index in [1.165, 1.54) is 0 Å². The monoisotopic (exact) mass is 250 g/mol. The van der Waals surface area contributed by atoms with E-state index in [-0.39, 0.29) is 6.10 Å². The van der Waals surface area contributed by atoms with Crippen LogP contribution in [0, 0.1) is 0 Å². The van der Waals surface area contributed by atoms with E-state index >= 15 is 0 Å². The van der Waals surface area contributed by atoms with Gasteiger partial charge in [0.25, 0.3) is 0 Å². The first-order chi connectivity index (χ1) is 8.90. The van der Waals surface area contributed by atoms with E-state index in [0.29, 0.717) is 0 Å². The maximum Gasteiger partial charge on any atom is 0.218 e. The molecule has 1 fully saturated rings. The Morgan fingerprint density at radius 1 is 1.44 bits per heavy atom. The van der Waals surface area contributed by atoms with Gasteiger partial charge in [0.15, 0.2) is 0 Å². The molecule has 1 aliphatic rings. The molecule has 0 aliphatic carbocycles. The largest absolute Gasteiger partial charge is 0.474 e. The minimum absolute atomic E-state index is 0.249. The Hall–Kier alpha value is -1.13. The zero-order valence-corrected chi connectivity index (χ0v) is 11.0. The van der Waals surface area contributed by atoms with E-state index in [4.69, 9.17) is 9.47 Å². The summed E-state index contributed by atoms with van der Waals surface area (Å²) in [7, 11) is 0. The molecule has 0 spiro atoms. The topological polar surface area (TPSA) is 43.4 Å². The molecule has 4 heteroatoms. The van der Waals surface area contributed by atoms with E-state index in [1.54, 1.807) is 6.20 Å². The molecular formula is C14H22N2O2. The van der Waals surface area contributed by atoms with Crippen LogP contribution in [0.2, 0.25) is 0 Å². The maximum atomic E-state index is 5.99. The molecule has 2 heterocycles. The van der Waals surface area contributed by atoms with Crippen molar-refractivity contribution in [2.75, 3.05) is 19.8 Å². The number of rotatable bonds is 6. The summed E-state index contributed by atoms with van der Waals surface area (Å²) in [5.41, 5.74) is 1.14. The number of pyridine rings is 1. The van der Waals surface area contributed by atoms with Gasteiger partial charge in [-0.25, -0.2) is 4.98 Å². The minimum atomic E-state index is 0.249. The Balaban J connectivity index is 1.93. The molecule has 0 bridgehead atoms. The average Bonchev–Trinajstić information content (AvgIpc) is 2.42. The minimum Gasteiger partial charge on any atom is -0.474 e. The smallest absolute Gasteiger partial charge is 0.218 e. The van der Waals surface area contributed by atoms with Crippen LogP contribution in [0.5, 0.6) is 5.88 Å². The number of hydrogen-bond acceptors (Lipinski definition) is 4. The number of nitrogens with one attached hydrogen (secondary N) is 1. The van der Waals surface area contributed by atoms with E-state index in [0.717, 1.165) is 57.0 Å². The molecule has 0 radical (unpaired) electrons. The summed E-state index contributed by atoms with van der Waals surface area (Å²) in [5, 5.41) is 3.38. The van der Waals surface area contributed by atoms with Crippen molar-refractivity contribution in [2.45, 2.75) is 38.8 Å². The highest BCUT2D eigenvalue weighted by Gasteiger charge is 2.17. The van der Waals surface area contributed by atoms with E-state index in [9.17, 15) is 0 Å². The van der Waals surface area contributed by atoms with Crippen LogP contribution in [0.15, 0.2) is 18.3 Å². The van der Waals surface area contributed by atoms with Crippen molar-refractivity contribution in [1.82, 2.24) is 10.3 Å². The van der Waals surface area contributed by atoms with Gasteiger partial charge in [-0.1, -0.05) is 13.0 Å². The Morgan fingerprint density at radius 2 is 2.28 bits per heavy atom. The van der Waals surface area contributed by atoms with Gasteiger partial charge in [0.2, 0.25) is 5.88 Å². The standard InChI is InChI=1S/C14H22N2O2/c1-2-7-15-11-12-4-3-8-16-14(12)18-13-5-9-17-10-6-13/h3-4,8,13,15H,2,5-7,9-11H2,1H3. The Kier molecular flexibility index (Phi) is 5.42. The first kappa shape index (κ1) is 13.3. The van der Waals surface area contributed by atoms with Gasteiger partial charge in [-0.3, -0.25) is 0 Å². The fourth-order valence-electron chi connectivity index (χ4n) is 2.02. The molecular weight excluding hydrogens is 228 g/mol. The van der Waals surface area contributed by atoms with Gasteiger partial charge in [0.1, 0.15) is 6.10 Å². The SMILES string of the molecule is CCCNCc1cccnc1OC1CCOCC1. The van der Waals surface area contributed by atoms with Crippen LogP contribution in [0.3, 0.4) is 0 Å². The number of ether oxygens (including phenoxy) is 2. The highest BCUT2D eigenvalue weighted by atomic mass is 16.5. The molecule has 2 rings (SSSR count). The van der Waals surface area contributed by atoms with Crippen molar-refractivity contribution in [1.29, 1.82) is 0 Å². The molecule has 18 heavy (non-hydrogen) atoms. The summed E-state index contributed by atoms with van der Waals surface area (Å²) in [4.78, 5) is 4.35. The zero-order chi connectivity index (χ0) is 12.6. The first-order valence-corrected chi connectivity index (χ1v) is 6.79. The molecule has 1 aliphatic heterocycles. The van der Waals surface area contributed by atoms with Crippen molar-refractivity contribution in [3.05, 3.63) is 23.9 Å². The van der Waals surface area contributed by atoms with Crippen LogP contribution in [-0.2, 0) is 11.3 Å². The van der Waals surface area contributed by atoms with Crippen molar-refractivity contribution in [3.63, 3.8) is 0 Å². The second-order valence-electron chi connectivity index (χ2n) is 4.57. The average molecular weight is 250 g/mol. The van der Waals surface area contributed by atoms with E-state index < -0.39 is 0 Å². The maximum absolute atomic E-state index is 5.99. The van der Waals surface area contributed by atoms with Crippen LogP contribution in [-0.4, -0.2) is 30.8 Å². The Morgan fingerprint density at radius 3 is 3.06 bits per heavy atom. The van der Waals surface area contributed by atoms with Gasteiger partial charge in [-0.15, -0.1) is 0 Å². The van der Waals surface area contributed by atoms with Crippen molar-refractivity contribution in [3.8, 4) is 5.88 Å². The Labute approximate surface area is 109 Å². The van der Waals surface area contributed by atoms with Crippen molar-refractivity contribution in [2.24, 2.45) is 0 Å². The lowest BCUT2D eigenvalue weighted by atomic mass is 10.1. The van der Waals surface area contributed by atoms with Crippen LogP contribution >= 0.6 is 0 Å². The van der Waals surface area contributed by atoms with E-state index in [1.807, 2.05) is 6.07 Å². The second-order valence-corrected chi connectivity index (χ2v) is 4.57. The van der Waals surface area contributed by atoms with Gasteiger partial charge in [-0.05, 0) is 19.0 Å². The van der Waals surface area contributed by atoms with E-state index in [2.05, 4.69) is 23.3 Å². The lowest BCUT2D eigenvalue weighted by Crippen LogP contribution is -2.27. The van der Waals surface area contributed by atoms with Crippen molar-refractivity contribution < 1.29 is 9.47 Å². The third kappa shape index (κ3) is 3.96. The molecule has 1 aromatic heterocycles. The molecule has 1 aromatic rings. The molecule has 4 nitrogen and oxygen atoms in total. The number of nitrogens with zero attached hydrogens (tertiary/aromatic N) is 1. The van der Waals surface area contributed by atoms with Gasteiger partial charge in [0.05, 0.1) is 13.2 Å². The molecule has 1 N–H and O–H groups in total. The Bertz CT molecular complexity index is 351. The van der Waals surface area contributed by atoms with Crippen LogP contribution in [0.25, 0.3) is 0 Å². The molecule has 0 aromatic carbocycles. The molecule has 100 valence electrons. The summed E-state index contributed by atoms with van der Waals surface area (Å²) in [6.45, 7) is 5.59. The zero-order valence-electron chi connectivity index (χ0n) is 11.0. The predicted octanol–water partition coefficient (Wildman–Crippen LogP) is 2.14. The van der Waals surface area contributed by atoms with Gasteiger partial charge in [0, 0.05) is 31.1 Å². The predicted molar refractivity (Wildman–Crippen MR) is 70.7 cm³/mol.